The largest absolute Gasteiger partial charge is 0.481 e. The maximum atomic E-state index is 12.0. The van der Waals surface area contributed by atoms with Gasteiger partial charge in [0.1, 0.15) is 0 Å². The van der Waals surface area contributed by atoms with Gasteiger partial charge in [-0.3, -0.25) is 14.4 Å². The zero-order chi connectivity index (χ0) is 15.3. The fraction of sp³-hybridized carbons (Fsp3) is 0.786. The predicted molar refractivity (Wildman–Crippen MR) is 74.0 cm³/mol. The van der Waals surface area contributed by atoms with E-state index in [-0.39, 0.29) is 30.3 Å². The molecule has 1 aliphatic heterocycles. The van der Waals surface area contributed by atoms with Gasteiger partial charge in [-0.05, 0) is 18.3 Å². The van der Waals surface area contributed by atoms with Crippen molar-refractivity contribution in [3.8, 4) is 0 Å². The topological polar surface area (TPSA) is 86.7 Å². The van der Waals surface area contributed by atoms with Crippen LogP contribution in [0.25, 0.3) is 0 Å². The number of nitrogens with one attached hydrogen (secondary N) is 1. The van der Waals surface area contributed by atoms with Crippen molar-refractivity contribution < 1.29 is 19.5 Å². The Hall–Kier alpha value is -1.59. The summed E-state index contributed by atoms with van der Waals surface area (Å²) in [6.07, 6.45) is 1.66. The Morgan fingerprint density at radius 3 is 2.50 bits per heavy atom. The highest BCUT2D eigenvalue weighted by atomic mass is 16.4. The van der Waals surface area contributed by atoms with Gasteiger partial charge >= 0.3 is 5.97 Å². The molecule has 0 radical (unpaired) electrons. The molecule has 0 aromatic rings. The number of carbonyl (C=O) groups is 3. The third-order valence-corrected chi connectivity index (χ3v) is 3.25. The Morgan fingerprint density at radius 1 is 1.30 bits per heavy atom. The number of carboxylic acids is 1. The number of hydrogen-bond acceptors (Lipinski definition) is 3. The van der Waals surface area contributed by atoms with E-state index in [1.54, 1.807) is 0 Å². The molecule has 6 nitrogen and oxygen atoms in total. The molecule has 0 aromatic carbocycles. The van der Waals surface area contributed by atoms with Gasteiger partial charge in [-0.25, -0.2) is 0 Å². The normalized spacial score (nSPS) is 19.6. The van der Waals surface area contributed by atoms with Crippen molar-refractivity contribution in [1.82, 2.24) is 10.2 Å². The minimum absolute atomic E-state index is 0.0543. The molecule has 6 heteroatoms. The number of amides is 2. The molecule has 1 fully saturated rings. The number of carboxylic acid groups (broad SMARTS) is 1. The summed E-state index contributed by atoms with van der Waals surface area (Å²) in [6, 6.07) is 0. The summed E-state index contributed by atoms with van der Waals surface area (Å²) in [7, 11) is 0. The summed E-state index contributed by atoms with van der Waals surface area (Å²) >= 11 is 0. The second-order valence-electron chi connectivity index (χ2n) is 6.53. The molecule has 0 saturated carbocycles. The zero-order valence-corrected chi connectivity index (χ0v) is 12.4. The fourth-order valence-electron chi connectivity index (χ4n) is 2.24. The third-order valence-electron chi connectivity index (χ3n) is 3.25. The number of piperidine rings is 1. The summed E-state index contributed by atoms with van der Waals surface area (Å²) < 4.78 is 0. The molecule has 1 aliphatic rings. The molecule has 114 valence electrons. The third kappa shape index (κ3) is 5.59. The van der Waals surface area contributed by atoms with Crippen LogP contribution in [0.15, 0.2) is 0 Å². The molecule has 2 amide bonds. The highest BCUT2D eigenvalue weighted by molar-refractivity contribution is 5.85. The maximum absolute atomic E-state index is 12.0. The first kappa shape index (κ1) is 16.5. The molecule has 0 bridgehead atoms. The molecular weight excluding hydrogens is 260 g/mol. The minimum atomic E-state index is -0.862. The van der Waals surface area contributed by atoms with Crippen molar-refractivity contribution >= 4 is 17.8 Å². The van der Waals surface area contributed by atoms with Gasteiger partial charge in [0.25, 0.3) is 0 Å². The highest BCUT2D eigenvalue weighted by Gasteiger charge is 2.28. The van der Waals surface area contributed by atoms with Crippen LogP contribution in [0.4, 0.5) is 0 Å². The van der Waals surface area contributed by atoms with E-state index in [4.69, 9.17) is 5.11 Å². The van der Waals surface area contributed by atoms with Crippen molar-refractivity contribution in [2.75, 3.05) is 19.6 Å². The minimum Gasteiger partial charge on any atom is -0.481 e. The van der Waals surface area contributed by atoms with E-state index in [9.17, 15) is 14.4 Å². The number of likely N-dealkylation sites (tertiary alicyclic amines) is 1. The molecule has 1 atom stereocenters. The van der Waals surface area contributed by atoms with E-state index in [0.29, 0.717) is 25.8 Å². The Balaban J connectivity index is 2.39. The molecule has 20 heavy (non-hydrogen) atoms. The van der Waals surface area contributed by atoms with E-state index < -0.39 is 11.9 Å². The van der Waals surface area contributed by atoms with Crippen LogP contribution in [-0.4, -0.2) is 47.4 Å². The second kappa shape index (κ2) is 6.72. The van der Waals surface area contributed by atoms with Crippen LogP contribution in [0, 0.1) is 11.3 Å². The van der Waals surface area contributed by atoms with E-state index in [2.05, 4.69) is 5.32 Å². The fourth-order valence-corrected chi connectivity index (χ4v) is 2.24. The first-order chi connectivity index (χ1) is 9.19. The van der Waals surface area contributed by atoms with Crippen LogP contribution in [0.5, 0.6) is 0 Å². The van der Waals surface area contributed by atoms with Crippen molar-refractivity contribution in [1.29, 1.82) is 0 Å². The van der Waals surface area contributed by atoms with E-state index in [1.807, 2.05) is 20.8 Å². The quantitative estimate of drug-likeness (QED) is 0.801. The molecular formula is C14H24N2O4. The van der Waals surface area contributed by atoms with Gasteiger partial charge in [0.2, 0.25) is 11.8 Å². The van der Waals surface area contributed by atoms with Crippen molar-refractivity contribution in [2.45, 2.75) is 40.0 Å². The summed E-state index contributed by atoms with van der Waals surface area (Å²) in [5, 5.41) is 11.6. The van der Waals surface area contributed by atoms with Crippen LogP contribution in [0.1, 0.15) is 40.0 Å². The average Bonchev–Trinajstić information content (AvgIpc) is 2.34. The zero-order valence-electron chi connectivity index (χ0n) is 12.4. The average molecular weight is 284 g/mol. The van der Waals surface area contributed by atoms with Crippen LogP contribution >= 0.6 is 0 Å². The van der Waals surface area contributed by atoms with Crippen molar-refractivity contribution in [3.05, 3.63) is 0 Å². The SMILES string of the molecule is CC(C)(C)CC(=O)NCC(=O)N1CCC[C@H](C(=O)O)C1. The molecule has 0 aliphatic carbocycles. The lowest BCUT2D eigenvalue weighted by molar-refractivity contribution is -0.146. The maximum Gasteiger partial charge on any atom is 0.308 e. The van der Waals surface area contributed by atoms with Crippen LogP contribution in [0.3, 0.4) is 0 Å². The van der Waals surface area contributed by atoms with Gasteiger partial charge in [-0.1, -0.05) is 20.8 Å². The lowest BCUT2D eigenvalue weighted by Crippen LogP contribution is -2.46. The number of rotatable bonds is 4. The first-order valence-corrected chi connectivity index (χ1v) is 6.96. The molecule has 1 heterocycles. The predicted octanol–water partition coefficient (Wildman–Crippen LogP) is 0.862. The van der Waals surface area contributed by atoms with Gasteiger partial charge in [-0.15, -0.1) is 0 Å². The van der Waals surface area contributed by atoms with Gasteiger partial charge in [0, 0.05) is 19.5 Å². The number of hydrogen-bond donors (Lipinski definition) is 2. The number of aliphatic carboxylic acids is 1. The molecule has 1 saturated heterocycles. The van der Waals surface area contributed by atoms with Gasteiger partial charge in [0.15, 0.2) is 0 Å². The van der Waals surface area contributed by atoms with Crippen LogP contribution in [-0.2, 0) is 14.4 Å². The Bertz CT molecular complexity index is 387. The Labute approximate surface area is 119 Å². The van der Waals surface area contributed by atoms with Crippen molar-refractivity contribution in [3.63, 3.8) is 0 Å². The number of carbonyl (C=O) groups excluding carboxylic acids is 2. The summed E-state index contributed by atoms with van der Waals surface area (Å²) in [5.74, 6) is -1.71. The highest BCUT2D eigenvalue weighted by Crippen LogP contribution is 2.18. The van der Waals surface area contributed by atoms with Gasteiger partial charge in [-0.2, -0.15) is 0 Å². The van der Waals surface area contributed by atoms with Crippen LogP contribution in [0.2, 0.25) is 0 Å². The first-order valence-electron chi connectivity index (χ1n) is 6.96. The monoisotopic (exact) mass is 284 g/mol. The lowest BCUT2D eigenvalue weighted by atomic mass is 9.92. The van der Waals surface area contributed by atoms with E-state index in [1.165, 1.54) is 4.90 Å². The smallest absolute Gasteiger partial charge is 0.308 e. The van der Waals surface area contributed by atoms with Gasteiger partial charge in [0.05, 0.1) is 12.5 Å². The molecule has 0 aromatic heterocycles. The second-order valence-corrected chi connectivity index (χ2v) is 6.53. The van der Waals surface area contributed by atoms with Crippen LogP contribution < -0.4 is 5.32 Å². The Kier molecular flexibility index (Phi) is 5.53. The molecule has 0 spiro atoms. The Morgan fingerprint density at radius 2 is 1.95 bits per heavy atom. The molecule has 1 rings (SSSR count). The standard InChI is InChI=1S/C14H24N2O4/c1-14(2,3)7-11(17)15-8-12(18)16-6-4-5-10(9-16)13(19)20/h10H,4-9H2,1-3H3,(H,15,17)(H,19,20)/t10-/m0/s1. The molecule has 0 unspecified atom stereocenters. The summed E-state index contributed by atoms with van der Waals surface area (Å²) in [6.45, 7) is 6.62. The van der Waals surface area contributed by atoms with E-state index >= 15 is 0 Å². The van der Waals surface area contributed by atoms with Crippen molar-refractivity contribution in [2.24, 2.45) is 11.3 Å². The summed E-state index contributed by atoms with van der Waals surface area (Å²) in [4.78, 5) is 36.1. The molecule has 2 N–H and O–H groups in total. The summed E-state index contributed by atoms with van der Waals surface area (Å²) in [5.41, 5.74) is -0.118. The lowest BCUT2D eigenvalue weighted by Gasteiger charge is -2.30. The van der Waals surface area contributed by atoms with Gasteiger partial charge < -0.3 is 15.3 Å². The number of nitrogens with zero attached hydrogens (tertiary/aromatic N) is 1. The van der Waals surface area contributed by atoms with E-state index in [0.717, 1.165) is 0 Å².